The van der Waals surface area contributed by atoms with Crippen LogP contribution in [-0.4, -0.2) is 22.5 Å². The predicted octanol–water partition coefficient (Wildman–Crippen LogP) is 2.93. The molecule has 0 bridgehead atoms. The van der Waals surface area contributed by atoms with Crippen LogP contribution in [0.1, 0.15) is 53.7 Å². The van der Waals surface area contributed by atoms with Crippen LogP contribution in [0.5, 0.6) is 0 Å². The SMILES string of the molecule is O=C1CCCN(Cc2nc(C3CC3)no2)c2ccccc21. The van der Waals surface area contributed by atoms with Gasteiger partial charge in [0.15, 0.2) is 11.6 Å². The molecule has 1 fully saturated rings. The van der Waals surface area contributed by atoms with Crippen molar-refractivity contribution in [2.24, 2.45) is 0 Å². The molecule has 0 radical (unpaired) electrons. The first kappa shape index (κ1) is 12.6. The average Bonchev–Trinajstić information content (AvgIpc) is 3.27. The zero-order valence-corrected chi connectivity index (χ0v) is 11.8. The van der Waals surface area contributed by atoms with Crippen LogP contribution in [0.4, 0.5) is 5.69 Å². The molecule has 0 spiro atoms. The minimum absolute atomic E-state index is 0.220. The molecule has 21 heavy (non-hydrogen) atoms. The van der Waals surface area contributed by atoms with Crippen molar-refractivity contribution in [3.8, 4) is 0 Å². The van der Waals surface area contributed by atoms with E-state index in [4.69, 9.17) is 4.52 Å². The number of aromatic nitrogens is 2. The lowest BCUT2D eigenvalue weighted by atomic mass is 10.1. The highest BCUT2D eigenvalue weighted by atomic mass is 16.5. The Morgan fingerprint density at radius 3 is 3.00 bits per heavy atom. The van der Waals surface area contributed by atoms with Gasteiger partial charge in [-0.25, -0.2) is 0 Å². The molecule has 1 aromatic carbocycles. The summed E-state index contributed by atoms with van der Waals surface area (Å²) in [6, 6.07) is 7.78. The second-order valence-electron chi connectivity index (χ2n) is 5.79. The lowest BCUT2D eigenvalue weighted by Gasteiger charge is -2.22. The van der Waals surface area contributed by atoms with Gasteiger partial charge in [-0.05, 0) is 31.4 Å². The van der Waals surface area contributed by atoms with Crippen molar-refractivity contribution in [1.29, 1.82) is 0 Å². The van der Waals surface area contributed by atoms with Gasteiger partial charge in [-0.1, -0.05) is 17.3 Å². The molecule has 5 nitrogen and oxygen atoms in total. The number of hydrogen-bond donors (Lipinski definition) is 0. The topological polar surface area (TPSA) is 59.2 Å². The van der Waals surface area contributed by atoms with Crippen LogP contribution in [0.25, 0.3) is 0 Å². The van der Waals surface area contributed by atoms with Crippen LogP contribution in [0.3, 0.4) is 0 Å². The van der Waals surface area contributed by atoms with Crippen molar-refractivity contribution in [2.75, 3.05) is 11.4 Å². The fraction of sp³-hybridized carbons (Fsp3) is 0.438. The molecule has 2 heterocycles. The monoisotopic (exact) mass is 283 g/mol. The van der Waals surface area contributed by atoms with Crippen molar-refractivity contribution in [3.05, 3.63) is 41.5 Å². The van der Waals surface area contributed by atoms with Crippen LogP contribution in [0.15, 0.2) is 28.8 Å². The average molecular weight is 283 g/mol. The van der Waals surface area contributed by atoms with Crippen LogP contribution < -0.4 is 4.90 Å². The van der Waals surface area contributed by atoms with Crippen molar-refractivity contribution in [2.45, 2.75) is 38.1 Å². The molecule has 0 N–H and O–H groups in total. The molecule has 1 aromatic heterocycles. The third-order valence-electron chi connectivity index (χ3n) is 4.13. The number of Topliss-reactive ketones (excluding diaryl/α,β-unsaturated/α-hetero) is 1. The minimum atomic E-state index is 0.220. The summed E-state index contributed by atoms with van der Waals surface area (Å²) in [5, 5.41) is 4.06. The predicted molar refractivity (Wildman–Crippen MR) is 77.3 cm³/mol. The van der Waals surface area contributed by atoms with Crippen LogP contribution in [0.2, 0.25) is 0 Å². The molecule has 1 aliphatic carbocycles. The maximum Gasteiger partial charge on any atom is 0.246 e. The Bertz CT molecular complexity index is 676. The highest BCUT2D eigenvalue weighted by Gasteiger charge is 2.29. The number of hydrogen-bond acceptors (Lipinski definition) is 5. The molecule has 0 amide bonds. The fourth-order valence-electron chi connectivity index (χ4n) is 2.84. The van der Waals surface area contributed by atoms with Crippen LogP contribution >= 0.6 is 0 Å². The Hall–Kier alpha value is -2.17. The van der Waals surface area contributed by atoms with Crippen molar-refractivity contribution < 1.29 is 9.32 Å². The number of benzene rings is 1. The number of carbonyl (C=O) groups excluding carboxylic acids is 1. The fourth-order valence-corrected chi connectivity index (χ4v) is 2.84. The van der Waals surface area contributed by atoms with Gasteiger partial charge < -0.3 is 9.42 Å². The molecule has 2 aromatic rings. The van der Waals surface area contributed by atoms with Gasteiger partial charge in [-0.2, -0.15) is 4.98 Å². The maximum absolute atomic E-state index is 12.1. The van der Waals surface area contributed by atoms with E-state index in [1.807, 2.05) is 24.3 Å². The van der Waals surface area contributed by atoms with E-state index in [1.54, 1.807) is 0 Å². The minimum Gasteiger partial charge on any atom is -0.362 e. The van der Waals surface area contributed by atoms with Gasteiger partial charge in [0, 0.05) is 30.1 Å². The summed E-state index contributed by atoms with van der Waals surface area (Å²) in [6.45, 7) is 1.41. The van der Waals surface area contributed by atoms with Gasteiger partial charge in [-0.3, -0.25) is 4.79 Å². The number of ketones is 1. The molecule has 1 aliphatic heterocycles. The molecule has 5 heteroatoms. The molecular weight excluding hydrogens is 266 g/mol. The molecule has 0 saturated heterocycles. The maximum atomic E-state index is 12.1. The standard InChI is InChI=1S/C16H17N3O2/c20-14-6-3-9-19(13-5-2-1-4-12(13)14)10-15-17-16(18-21-15)11-7-8-11/h1-2,4-5,11H,3,6-10H2. The highest BCUT2D eigenvalue weighted by molar-refractivity contribution is 6.01. The number of para-hydroxylation sites is 1. The Balaban J connectivity index is 1.61. The Kier molecular flexibility index (Phi) is 2.98. The van der Waals surface area contributed by atoms with E-state index in [0.717, 1.165) is 30.0 Å². The quantitative estimate of drug-likeness (QED) is 0.866. The van der Waals surface area contributed by atoms with Crippen LogP contribution in [0, 0.1) is 0 Å². The van der Waals surface area contributed by atoms with Gasteiger partial charge >= 0.3 is 0 Å². The van der Waals surface area contributed by atoms with E-state index in [0.29, 0.717) is 24.8 Å². The summed E-state index contributed by atoms with van der Waals surface area (Å²) >= 11 is 0. The summed E-state index contributed by atoms with van der Waals surface area (Å²) in [4.78, 5) is 18.8. The number of carbonyl (C=O) groups is 1. The van der Waals surface area contributed by atoms with Gasteiger partial charge in [0.25, 0.3) is 0 Å². The van der Waals surface area contributed by atoms with E-state index in [-0.39, 0.29) is 5.78 Å². The molecule has 1 saturated carbocycles. The molecule has 0 atom stereocenters. The molecular formula is C16H17N3O2. The molecule has 108 valence electrons. The zero-order chi connectivity index (χ0) is 14.2. The van der Waals surface area contributed by atoms with E-state index in [9.17, 15) is 4.79 Å². The Labute approximate surface area is 123 Å². The number of anilines is 1. The van der Waals surface area contributed by atoms with Crippen LogP contribution in [-0.2, 0) is 6.54 Å². The second-order valence-corrected chi connectivity index (χ2v) is 5.79. The lowest BCUT2D eigenvalue weighted by molar-refractivity contribution is 0.0984. The third-order valence-corrected chi connectivity index (χ3v) is 4.13. The first-order valence-electron chi connectivity index (χ1n) is 7.51. The molecule has 0 unspecified atom stereocenters. The van der Waals surface area contributed by atoms with E-state index in [1.165, 1.54) is 12.8 Å². The summed E-state index contributed by atoms with van der Waals surface area (Å²) in [7, 11) is 0. The van der Waals surface area contributed by atoms with E-state index >= 15 is 0 Å². The Morgan fingerprint density at radius 1 is 1.29 bits per heavy atom. The van der Waals surface area contributed by atoms with Gasteiger partial charge in [0.05, 0.1) is 6.54 Å². The van der Waals surface area contributed by atoms with Crippen molar-refractivity contribution in [3.63, 3.8) is 0 Å². The lowest BCUT2D eigenvalue weighted by Crippen LogP contribution is -2.23. The summed E-state index contributed by atoms with van der Waals surface area (Å²) < 4.78 is 5.36. The van der Waals surface area contributed by atoms with Gasteiger partial charge in [0.1, 0.15) is 0 Å². The zero-order valence-electron chi connectivity index (χ0n) is 11.8. The molecule has 2 aliphatic rings. The summed E-state index contributed by atoms with van der Waals surface area (Å²) in [6.07, 6.45) is 3.79. The number of nitrogens with zero attached hydrogens (tertiary/aromatic N) is 3. The first-order valence-corrected chi connectivity index (χ1v) is 7.51. The van der Waals surface area contributed by atoms with Crippen molar-refractivity contribution >= 4 is 11.5 Å². The normalized spacial score (nSPS) is 18.5. The number of rotatable bonds is 3. The molecule has 4 rings (SSSR count). The van der Waals surface area contributed by atoms with E-state index < -0.39 is 0 Å². The Morgan fingerprint density at radius 2 is 2.14 bits per heavy atom. The van der Waals surface area contributed by atoms with E-state index in [2.05, 4.69) is 15.0 Å². The third kappa shape index (κ3) is 2.44. The highest BCUT2D eigenvalue weighted by Crippen LogP contribution is 2.38. The van der Waals surface area contributed by atoms with Crippen molar-refractivity contribution in [1.82, 2.24) is 10.1 Å². The largest absolute Gasteiger partial charge is 0.362 e. The second kappa shape index (κ2) is 4.98. The number of fused-ring (bicyclic) bond motifs is 1. The smallest absolute Gasteiger partial charge is 0.246 e. The summed E-state index contributed by atoms with van der Waals surface area (Å²) in [5.74, 6) is 2.20. The summed E-state index contributed by atoms with van der Waals surface area (Å²) in [5.41, 5.74) is 1.78. The van der Waals surface area contributed by atoms with Gasteiger partial charge in [-0.15, -0.1) is 0 Å². The first-order chi connectivity index (χ1) is 10.3. The van der Waals surface area contributed by atoms with Gasteiger partial charge in [0.2, 0.25) is 5.89 Å².